The quantitative estimate of drug-likeness (QED) is 0.594. The lowest BCUT2D eigenvalue weighted by molar-refractivity contribution is -0.136. The van der Waals surface area contributed by atoms with E-state index in [1.165, 1.54) is 23.1 Å². The van der Waals surface area contributed by atoms with E-state index in [0.717, 1.165) is 27.3 Å². The molecular weight excluding hydrogens is 404 g/mol. The largest absolute Gasteiger partial charge is 0.586 e. The monoisotopic (exact) mass is 420 g/mol. The number of carboxylic acid groups (broad SMARTS) is 1. The number of aromatic nitrogens is 2. The number of aliphatic imine (C=N–C) groups is 1. The van der Waals surface area contributed by atoms with Gasteiger partial charge in [-0.2, -0.15) is 9.29 Å². The second kappa shape index (κ2) is 7.55. The number of benzene rings is 1. The van der Waals surface area contributed by atoms with Gasteiger partial charge < -0.3 is 14.6 Å². The zero-order chi connectivity index (χ0) is 19.0. The van der Waals surface area contributed by atoms with Crippen LogP contribution in [0, 0.1) is 0 Å². The van der Waals surface area contributed by atoms with Gasteiger partial charge in [-0.05, 0) is 12.1 Å². The minimum atomic E-state index is -1.39. The van der Waals surface area contributed by atoms with Crippen LogP contribution in [0.25, 0.3) is 10.9 Å². The second-order valence-electron chi connectivity index (χ2n) is 5.95. The average Bonchev–Trinajstić information content (AvgIpc) is 3.38. The summed E-state index contributed by atoms with van der Waals surface area (Å²) < 4.78 is 15.0. The first-order valence-corrected chi connectivity index (χ1v) is 11.0. The molecule has 4 rings (SSSR count). The summed E-state index contributed by atoms with van der Waals surface area (Å²) in [5.74, 6) is -0.811. The van der Waals surface area contributed by atoms with Gasteiger partial charge in [0.05, 0.1) is 31.2 Å². The molecule has 10 heteroatoms. The van der Waals surface area contributed by atoms with Gasteiger partial charge in [0.25, 0.3) is 0 Å². The van der Waals surface area contributed by atoms with Gasteiger partial charge in [-0.15, -0.1) is 0 Å². The molecule has 7 nitrogen and oxygen atoms in total. The van der Waals surface area contributed by atoms with Crippen LogP contribution in [0.1, 0.15) is 12.1 Å². The third-order valence-electron chi connectivity index (χ3n) is 4.13. The molecule has 2 atom stereocenters. The Morgan fingerprint density at radius 1 is 1.52 bits per heavy atom. The second-order valence-corrected chi connectivity index (χ2v) is 9.83. The van der Waals surface area contributed by atoms with E-state index < -0.39 is 17.3 Å². The fourth-order valence-electron chi connectivity index (χ4n) is 2.89. The molecule has 2 aromatic heterocycles. The molecule has 1 aromatic carbocycles. The summed E-state index contributed by atoms with van der Waals surface area (Å²) in [6.07, 6.45) is 1.74. The maximum absolute atomic E-state index is 12.7. The van der Waals surface area contributed by atoms with E-state index in [9.17, 15) is 9.35 Å². The molecule has 0 aliphatic carbocycles. The van der Waals surface area contributed by atoms with Crippen LogP contribution >= 0.6 is 23.1 Å². The van der Waals surface area contributed by atoms with Crippen molar-refractivity contribution in [3.05, 3.63) is 41.5 Å². The third kappa shape index (κ3) is 3.70. The third-order valence-corrected chi connectivity index (χ3v) is 7.73. The highest BCUT2D eigenvalue weighted by molar-refractivity contribution is 8.15. The Hall–Kier alpha value is -2.01. The van der Waals surface area contributed by atoms with Crippen molar-refractivity contribution in [3.8, 4) is 0 Å². The number of anilines is 1. The highest BCUT2D eigenvalue weighted by Gasteiger charge is 2.26. The predicted molar refractivity (Wildman–Crippen MR) is 110 cm³/mol. The fourth-order valence-corrected chi connectivity index (χ4v) is 5.87. The minimum Gasteiger partial charge on any atom is -0.586 e. The summed E-state index contributed by atoms with van der Waals surface area (Å²) in [6, 6.07) is 7.80. The van der Waals surface area contributed by atoms with E-state index in [1.807, 2.05) is 24.3 Å². The number of fused-ring (bicyclic) bond motifs is 1. The van der Waals surface area contributed by atoms with Crippen LogP contribution in [-0.4, -0.2) is 49.5 Å². The standard InChI is InChI=1S/C17H16N4O3S3/c1-21(27(24)17-18-5-6-25-17)13-4-2-3-10-7-12(20-15(10)13)16-19-9-11(26-16)8-14(22)23/h2-7,11,20H,8-9H2,1H3,(H,22,23). The number of para-hydroxylation sites is 1. The number of hydrogen-bond donors (Lipinski definition) is 2. The smallest absolute Gasteiger partial charge is 0.328 e. The first kappa shape index (κ1) is 18.4. The predicted octanol–water partition coefficient (Wildman–Crippen LogP) is 3.12. The number of rotatable bonds is 6. The number of H-pyrrole nitrogens is 1. The minimum absolute atomic E-state index is 0.0385. The van der Waals surface area contributed by atoms with Crippen molar-refractivity contribution >= 4 is 62.1 Å². The number of nitrogens with zero attached hydrogens (tertiary/aromatic N) is 3. The van der Waals surface area contributed by atoms with Gasteiger partial charge in [-0.25, -0.2) is 0 Å². The number of aliphatic carboxylic acids is 1. The Morgan fingerprint density at radius 3 is 3.11 bits per heavy atom. The van der Waals surface area contributed by atoms with Crippen molar-refractivity contribution in [2.45, 2.75) is 16.0 Å². The molecular formula is C17H16N4O3S3. The maximum atomic E-state index is 12.7. The van der Waals surface area contributed by atoms with Crippen molar-refractivity contribution in [2.24, 2.45) is 4.99 Å². The molecule has 0 radical (unpaired) electrons. The molecule has 3 aromatic rings. The molecule has 0 spiro atoms. The zero-order valence-corrected chi connectivity index (χ0v) is 16.7. The topological polar surface area (TPSA) is 105 Å². The number of hydrogen-bond acceptors (Lipinski definition) is 7. The molecule has 140 valence electrons. The van der Waals surface area contributed by atoms with Crippen molar-refractivity contribution in [1.29, 1.82) is 0 Å². The summed E-state index contributed by atoms with van der Waals surface area (Å²) in [5, 5.41) is 12.5. The summed E-state index contributed by atoms with van der Waals surface area (Å²) in [7, 11) is 1.78. The van der Waals surface area contributed by atoms with Crippen LogP contribution < -0.4 is 4.31 Å². The van der Waals surface area contributed by atoms with Crippen molar-refractivity contribution < 1.29 is 14.5 Å². The van der Waals surface area contributed by atoms with E-state index in [-0.39, 0.29) is 11.7 Å². The first-order valence-electron chi connectivity index (χ1n) is 8.13. The fraction of sp³-hybridized carbons (Fsp3) is 0.235. The maximum Gasteiger partial charge on any atom is 0.328 e. The van der Waals surface area contributed by atoms with Crippen molar-refractivity contribution in [2.75, 3.05) is 17.9 Å². The number of aromatic amines is 1. The van der Waals surface area contributed by atoms with Gasteiger partial charge >= 0.3 is 10.3 Å². The molecule has 0 amide bonds. The van der Waals surface area contributed by atoms with Crippen molar-refractivity contribution in [3.63, 3.8) is 0 Å². The highest BCUT2D eigenvalue weighted by atomic mass is 32.2. The lowest BCUT2D eigenvalue weighted by Crippen LogP contribution is -2.26. The van der Waals surface area contributed by atoms with Gasteiger partial charge in [0.15, 0.2) is 0 Å². The van der Waals surface area contributed by atoms with E-state index in [1.54, 1.807) is 22.9 Å². The zero-order valence-electron chi connectivity index (χ0n) is 14.3. The summed E-state index contributed by atoms with van der Waals surface area (Å²) in [5.41, 5.74) is 2.52. The average molecular weight is 421 g/mol. The van der Waals surface area contributed by atoms with E-state index in [0.29, 0.717) is 10.9 Å². The van der Waals surface area contributed by atoms with Gasteiger partial charge in [0, 0.05) is 22.2 Å². The summed E-state index contributed by atoms with van der Waals surface area (Å²) in [4.78, 5) is 22.9. The Balaban J connectivity index is 1.62. The van der Waals surface area contributed by atoms with E-state index in [2.05, 4.69) is 15.0 Å². The van der Waals surface area contributed by atoms with Gasteiger partial charge in [-0.1, -0.05) is 35.2 Å². The number of thioether (sulfide) groups is 1. The van der Waals surface area contributed by atoms with Crippen LogP contribution in [0.4, 0.5) is 5.69 Å². The van der Waals surface area contributed by atoms with Crippen LogP contribution in [0.2, 0.25) is 0 Å². The lowest BCUT2D eigenvalue weighted by Gasteiger charge is -2.20. The molecule has 2 unspecified atom stereocenters. The molecule has 0 bridgehead atoms. The highest BCUT2D eigenvalue weighted by Crippen LogP contribution is 2.33. The Bertz CT molecular complexity index is 1000. The van der Waals surface area contributed by atoms with Crippen LogP contribution in [0.5, 0.6) is 0 Å². The first-order chi connectivity index (χ1) is 13.0. The molecule has 3 heterocycles. The van der Waals surface area contributed by atoms with Crippen LogP contribution in [-0.2, 0) is 16.2 Å². The van der Waals surface area contributed by atoms with E-state index in [4.69, 9.17) is 5.11 Å². The molecule has 0 saturated carbocycles. The molecule has 0 saturated heterocycles. The lowest BCUT2D eigenvalue weighted by atomic mass is 10.2. The number of carbonyl (C=O) groups is 1. The van der Waals surface area contributed by atoms with Crippen LogP contribution in [0.3, 0.4) is 0 Å². The molecule has 1 aliphatic rings. The summed E-state index contributed by atoms with van der Waals surface area (Å²) in [6.45, 7) is 0.502. The molecule has 0 fully saturated rings. The number of thiazole rings is 1. The molecule has 1 aliphatic heterocycles. The van der Waals surface area contributed by atoms with Gasteiger partial charge in [-0.3, -0.25) is 9.79 Å². The SMILES string of the molecule is CN(c1cccc2cc(C3=NCC(CC(=O)O)S3)[nH]c12)[S+]([O-])c1nccs1. The van der Waals surface area contributed by atoms with Crippen LogP contribution in [0.15, 0.2) is 45.2 Å². The normalized spacial score (nSPS) is 17.9. The molecule has 27 heavy (non-hydrogen) atoms. The van der Waals surface area contributed by atoms with E-state index >= 15 is 0 Å². The summed E-state index contributed by atoms with van der Waals surface area (Å²) >= 11 is 1.45. The Morgan fingerprint density at radius 2 is 2.37 bits per heavy atom. The van der Waals surface area contributed by atoms with Gasteiger partial charge in [0.2, 0.25) is 0 Å². The van der Waals surface area contributed by atoms with Gasteiger partial charge in [0.1, 0.15) is 22.1 Å². The number of carboxylic acids is 1. The van der Waals surface area contributed by atoms with Crippen molar-refractivity contribution in [1.82, 2.24) is 9.97 Å². The Kier molecular flexibility index (Phi) is 5.13. The Labute approximate surface area is 166 Å². The number of nitrogens with one attached hydrogen (secondary N) is 1. The molecule has 2 N–H and O–H groups in total.